The Bertz CT molecular complexity index is 884. The fourth-order valence-electron chi connectivity index (χ4n) is 2.16. The number of carbonyl (C=O) groups excluding carboxylic acids is 1. The summed E-state index contributed by atoms with van der Waals surface area (Å²) >= 11 is 4.79. The number of aromatic nitrogens is 2. The predicted octanol–water partition coefficient (Wildman–Crippen LogP) is 4.54. The molecule has 0 unspecified atom stereocenters. The van der Waals surface area contributed by atoms with Crippen molar-refractivity contribution < 1.29 is 9.53 Å². The molecule has 0 aliphatic carbocycles. The topological polar surface area (TPSA) is 76.1 Å². The minimum Gasteiger partial charge on any atom is -0.497 e. The van der Waals surface area contributed by atoms with Crippen LogP contribution in [0.15, 0.2) is 53.0 Å². The summed E-state index contributed by atoms with van der Waals surface area (Å²) in [4.78, 5) is 12.1. The lowest BCUT2D eigenvalue weighted by Gasteiger charge is -2.06. The highest BCUT2D eigenvalue weighted by atomic mass is 79.9. The maximum absolute atomic E-state index is 12.1. The van der Waals surface area contributed by atoms with Crippen LogP contribution in [0.25, 0.3) is 0 Å². The van der Waals surface area contributed by atoms with Crippen LogP contribution in [0, 0.1) is 0 Å². The van der Waals surface area contributed by atoms with Gasteiger partial charge in [0.05, 0.1) is 7.11 Å². The highest BCUT2D eigenvalue weighted by Crippen LogP contribution is 2.21. The van der Waals surface area contributed by atoms with E-state index in [1.165, 1.54) is 11.3 Å². The van der Waals surface area contributed by atoms with E-state index in [1.807, 2.05) is 30.3 Å². The Hall–Kier alpha value is -2.45. The molecule has 25 heavy (non-hydrogen) atoms. The second-order valence-electron chi connectivity index (χ2n) is 5.12. The van der Waals surface area contributed by atoms with E-state index in [0.717, 1.165) is 15.0 Å². The number of methoxy groups -OCH3 is 1. The third-order valence-electron chi connectivity index (χ3n) is 3.26. The van der Waals surface area contributed by atoms with Crippen LogP contribution in [-0.4, -0.2) is 23.3 Å². The molecule has 0 aliphatic rings. The van der Waals surface area contributed by atoms with E-state index in [4.69, 9.17) is 4.74 Å². The second kappa shape index (κ2) is 8.09. The molecular weight excluding hydrogens is 404 g/mol. The van der Waals surface area contributed by atoms with Crippen LogP contribution in [-0.2, 0) is 6.42 Å². The highest BCUT2D eigenvalue weighted by Gasteiger charge is 2.09. The lowest BCUT2D eigenvalue weighted by Crippen LogP contribution is -2.19. The molecule has 3 rings (SSSR count). The van der Waals surface area contributed by atoms with Crippen LogP contribution in [0.4, 0.5) is 15.6 Å². The molecule has 0 fully saturated rings. The lowest BCUT2D eigenvalue weighted by atomic mass is 10.2. The molecule has 2 amide bonds. The first-order valence-corrected chi connectivity index (χ1v) is 9.02. The molecule has 1 heterocycles. The van der Waals surface area contributed by atoms with Crippen molar-refractivity contribution >= 4 is 44.1 Å². The Labute approximate surface area is 157 Å². The summed E-state index contributed by atoms with van der Waals surface area (Å²) in [6.45, 7) is 0. The van der Waals surface area contributed by atoms with Crippen LogP contribution in [0.1, 0.15) is 10.6 Å². The number of benzene rings is 2. The van der Waals surface area contributed by atoms with Gasteiger partial charge in [0, 0.05) is 22.6 Å². The Morgan fingerprint density at radius 2 is 2.00 bits per heavy atom. The summed E-state index contributed by atoms with van der Waals surface area (Å²) in [6.07, 6.45) is 0.663. The van der Waals surface area contributed by atoms with Crippen molar-refractivity contribution in [2.24, 2.45) is 0 Å². The SMILES string of the molecule is COc1cccc(NC(=O)Nc2nnc(Cc3cccc(Br)c3)s2)c1. The van der Waals surface area contributed by atoms with Crippen LogP contribution in [0.5, 0.6) is 5.75 Å². The van der Waals surface area contributed by atoms with Gasteiger partial charge in [0.2, 0.25) is 5.13 Å². The number of rotatable bonds is 5. The van der Waals surface area contributed by atoms with Gasteiger partial charge in [-0.1, -0.05) is 45.5 Å². The third kappa shape index (κ3) is 5.01. The van der Waals surface area contributed by atoms with Gasteiger partial charge in [0.25, 0.3) is 0 Å². The largest absolute Gasteiger partial charge is 0.497 e. The second-order valence-corrected chi connectivity index (χ2v) is 7.10. The smallest absolute Gasteiger partial charge is 0.325 e. The van der Waals surface area contributed by atoms with Gasteiger partial charge in [-0.25, -0.2) is 4.79 Å². The molecule has 0 spiro atoms. The fraction of sp³-hybridized carbons (Fsp3) is 0.118. The summed E-state index contributed by atoms with van der Waals surface area (Å²) in [5.74, 6) is 0.671. The van der Waals surface area contributed by atoms with Crippen molar-refractivity contribution in [1.29, 1.82) is 0 Å². The molecule has 1 aromatic heterocycles. The normalized spacial score (nSPS) is 10.3. The van der Waals surface area contributed by atoms with E-state index in [2.05, 4.69) is 36.8 Å². The summed E-state index contributed by atoms with van der Waals surface area (Å²) in [6, 6.07) is 14.7. The van der Waals surface area contributed by atoms with Crippen LogP contribution in [0.3, 0.4) is 0 Å². The van der Waals surface area contributed by atoms with E-state index in [9.17, 15) is 4.79 Å². The molecular formula is C17H15BrN4O2S. The summed E-state index contributed by atoms with van der Waals surface area (Å²) in [5, 5.41) is 14.8. The molecule has 0 atom stereocenters. The standard InChI is InChI=1S/C17H15BrN4O2S/c1-24-14-7-3-6-13(10-14)19-16(23)20-17-22-21-15(25-17)9-11-4-2-5-12(18)8-11/h2-8,10H,9H2,1H3,(H2,19,20,22,23). The number of nitrogens with zero attached hydrogens (tertiary/aromatic N) is 2. The first-order chi connectivity index (χ1) is 12.1. The monoisotopic (exact) mass is 418 g/mol. The maximum atomic E-state index is 12.1. The Balaban J connectivity index is 1.59. The first-order valence-electron chi connectivity index (χ1n) is 7.41. The molecule has 8 heteroatoms. The van der Waals surface area contributed by atoms with Gasteiger partial charge in [-0.05, 0) is 29.8 Å². The third-order valence-corrected chi connectivity index (χ3v) is 4.59. The maximum Gasteiger partial charge on any atom is 0.325 e. The number of hydrogen-bond acceptors (Lipinski definition) is 5. The number of hydrogen-bond donors (Lipinski definition) is 2. The molecule has 6 nitrogen and oxygen atoms in total. The van der Waals surface area contributed by atoms with Crippen molar-refractivity contribution in [2.75, 3.05) is 17.7 Å². The van der Waals surface area contributed by atoms with Gasteiger partial charge in [0.1, 0.15) is 10.8 Å². The molecule has 2 N–H and O–H groups in total. The minimum absolute atomic E-state index is 0.376. The zero-order valence-corrected chi connectivity index (χ0v) is 15.7. The van der Waals surface area contributed by atoms with Crippen molar-refractivity contribution in [3.05, 3.63) is 63.6 Å². The Morgan fingerprint density at radius 3 is 2.80 bits per heavy atom. The molecule has 3 aromatic rings. The number of halogens is 1. The van der Waals surface area contributed by atoms with Gasteiger partial charge in [0.15, 0.2) is 0 Å². The Kier molecular flexibility index (Phi) is 5.62. The number of amides is 2. The van der Waals surface area contributed by atoms with Crippen LogP contribution < -0.4 is 15.4 Å². The van der Waals surface area contributed by atoms with Crippen LogP contribution in [0.2, 0.25) is 0 Å². The molecule has 128 valence electrons. The first kappa shape index (κ1) is 17.4. The average molecular weight is 419 g/mol. The van der Waals surface area contributed by atoms with Crippen molar-refractivity contribution in [3.8, 4) is 5.75 Å². The van der Waals surface area contributed by atoms with Gasteiger partial charge in [-0.15, -0.1) is 10.2 Å². The molecule has 0 radical (unpaired) electrons. The molecule has 0 bridgehead atoms. The molecule has 0 saturated heterocycles. The average Bonchev–Trinajstić information content (AvgIpc) is 3.01. The number of nitrogens with one attached hydrogen (secondary N) is 2. The van der Waals surface area contributed by atoms with Crippen LogP contribution >= 0.6 is 27.3 Å². The Morgan fingerprint density at radius 1 is 1.16 bits per heavy atom. The van der Waals surface area contributed by atoms with Gasteiger partial charge < -0.3 is 10.1 Å². The van der Waals surface area contributed by atoms with Crippen molar-refractivity contribution in [2.45, 2.75) is 6.42 Å². The van der Waals surface area contributed by atoms with E-state index >= 15 is 0 Å². The van der Waals surface area contributed by atoms with Gasteiger partial charge in [-0.2, -0.15) is 0 Å². The van der Waals surface area contributed by atoms with E-state index in [0.29, 0.717) is 23.0 Å². The van der Waals surface area contributed by atoms with E-state index in [-0.39, 0.29) is 6.03 Å². The molecule has 2 aromatic carbocycles. The van der Waals surface area contributed by atoms with Gasteiger partial charge in [-0.3, -0.25) is 5.32 Å². The number of carbonyl (C=O) groups is 1. The summed E-state index contributed by atoms with van der Waals surface area (Å²) < 4.78 is 6.15. The summed E-state index contributed by atoms with van der Waals surface area (Å²) in [7, 11) is 1.58. The lowest BCUT2D eigenvalue weighted by molar-refractivity contribution is 0.262. The number of ether oxygens (including phenoxy) is 1. The van der Waals surface area contributed by atoms with E-state index < -0.39 is 0 Å². The molecule has 0 saturated carbocycles. The van der Waals surface area contributed by atoms with Gasteiger partial charge >= 0.3 is 6.03 Å². The fourth-order valence-corrected chi connectivity index (χ4v) is 3.37. The minimum atomic E-state index is -0.376. The predicted molar refractivity (Wildman–Crippen MR) is 102 cm³/mol. The molecule has 0 aliphatic heterocycles. The van der Waals surface area contributed by atoms with E-state index in [1.54, 1.807) is 25.3 Å². The quantitative estimate of drug-likeness (QED) is 0.637. The summed E-state index contributed by atoms with van der Waals surface area (Å²) in [5.41, 5.74) is 1.76. The zero-order valence-electron chi connectivity index (χ0n) is 13.3. The number of urea groups is 1. The number of anilines is 2. The van der Waals surface area contributed by atoms with Crippen molar-refractivity contribution in [3.63, 3.8) is 0 Å². The highest BCUT2D eigenvalue weighted by molar-refractivity contribution is 9.10. The van der Waals surface area contributed by atoms with Crippen molar-refractivity contribution in [1.82, 2.24) is 10.2 Å². The zero-order chi connectivity index (χ0) is 17.6.